The molecule has 25 heavy (non-hydrogen) atoms. The molecule has 2 aromatic carbocycles. The molecular weight excluding hydrogens is 382 g/mol. The number of nitrogens with one attached hydrogen (secondary N) is 1. The quantitative estimate of drug-likeness (QED) is 0.783. The van der Waals surface area contributed by atoms with E-state index >= 15 is 0 Å². The Morgan fingerprint density at radius 1 is 1.12 bits per heavy atom. The first-order valence-electron chi connectivity index (χ1n) is 8.39. The van der Waals surface area contributed by atoms with E-state index in [1.807, 2.05) is 24.3 Å². The van der Waals surface area contributed by atoms with E-state index < -0.39 is 0 Å². The molecule has 2 aromatic rings. The molecule has 0 fully saturated rings. The fourth-order valence-corrected chi connectivity index (χ4v) is 3.18. The van der Waals surface area contributed by atoms with E-state index in [4.69, 9.17) is 4.74 Å². The van der Waals surface area contributed by atoms with Crippen molar-refractivity contribution in [2.45, 2.75) is 20.4 Å². The summed E-state index contributed by atoms with van der Waals surface area (Å²) in [4.78, 5) is 13.9. The maximum absolute atomic E-state index is 12.6. The third-order valence-electron chi connectivity index (χ3n) is 4.49. The fourth-order valence-electron chi connectivity index (χ4n) is 2.92. The van der Waals surface area contributed by atoms with Crippen molar-refractivity contribution < 1.29 is 19.5 Å². The zero-order chi connectivity index (χ0) is 18.0. The van der Waals surface area contributed by atoms with Crippen LogP contribution in [0.3, 0.4) is 0 Å². The van der Waals surface area contributed by atoms with Crippen LogP contribution < -0.4 is 14.7 Å². The maximum atomic E-state index is 12.6. The minimum absolute atomic E-state index is 0.0733. The number of Topliss-reactive ketones (excluding diaryl/α,β-unsaturated/α-hetero) is 1. The van der Waals surface area contributed by atoms with Gasteiger partial charge in [-0.15, -0.1) is 0 Å². The van der Waals surface area contributed by atoms with Crippen LogP contribution in [0.5, 0.6) is 11.5 Å². The van der Waals surface area contributed by atoms with Crippen molar-refractivity contribution in [3.05, 3.63) is 63.3 Å². The second kappa shape index (κ2) is 7.42. The van der Waals surface area contributed by atoms with Gasteiger partial charge >= 0.3 is 0 Å². The Morgan fingerprint density at radius 3 is 2.44 bits per heavy atom. The lowest BCUT2D eigenvalue weighted by atomic mass is 10.0. The van der Waals surface area contributed by atoms with Crippen molar-refractivity contribution in [2.75, 3.05) is 13.1 Å². The number of hydrogen-bond acceptors (Lipinski definition) is 3. The van der Waals surface area contributed by atoms with Crippen LogP contribution in [0.2, 0.25) is 0 Å². The van der Waals surface area contributed by atoms with Crippen molar-refractivity contribution >= 4 is 27.8 Å². The van der Waals surface area contributed by atoms with E-state index in [1.165, 1.54) is 11.0 Å². The zero-order valence-electron chi connectivity index (χ0n) is 14.3. The molecule has 0 aliphatic carbocycles. The number of hydrogen-bond donors (Lipinski definition) is 1. The van der Waals surface area contributed by atoms with Crippen LogP contribution >= 0.6 is 15.9 Å². The van der Waals surface area contributed by atoms with Gasteiger partial charge in [0.05, 0.1) is 18.7 Å². The number of quaternary nitrogens is 1. The second-order valence-electron chi connectivity index (χ2n) is 6.04. The number of benzene rings is 2. The van der Waals surface area contributed by atoms with Crippen LogP contribution in [0, 0.1) is 0 Å². The van der Waals surface area contributed by atoms with Gasteiger partial charge in [0.15, 0.2) is 5.76 Å². The van der Waals surface area contributed by atoms with E-state index in [-0.39, 0.29) is 17.3 Å². The minimum Gasteiger partial charge on any atom is -0.872 e. The van der Waals surface area contributed by atoms with Gasteiger partial charge in [-0.1, -0.05) is 39.9 Å². The number of allylic oxidation sites excluding steroid dienone is 1. The molecule has 1 heterocycles. The standard InChI is InChI=1S/C20H20BrNO3/c1-3-22(4-2)12-16-17(23)10-9-15-19(24)18(25-20(15)16)11-13-5-7-14(21)8-6-13/h5-11,23H,3-4,12H2,1-2H3. The molecule has 0 atom stereocenters. The number of ketones is 1. The van der Waals surface area contributed by atoms with Crippen molar-refractivity contribution in [3.8, 4) is 11.5 Å². The predicted octanol–water partition coefficient (Wildman–Crippen LogP) is 2.56. The number of halogens is 1. The average molecular weight is 402 g/mol. The molecule has 0 aromatic heterocycles. The molecule has 1 aliphatic rings. The normalized spacial score (nSPS) is 14.9. The maximum Gasteiger partial charge on any atom is 0.231 e. The van der Waals surface area contributed by atoms with Gasteiger partial charge in [0.25, 0.3) is 0 Å². The lowest BCUT2D eigenvalue weighted by Crippen LogP contribution is -3.10. The molecule has 1 aliphatic heterocycles. The lowest BCUT2D eigenvalue weighted by Gasteiger charge is -2.21. The van der Waals surface area contributed by atoms with Gasteiger partial charge in [-0.3, -0.25) is 4.79 Å². The van der Waals surface area contributed by atoms with Crippen molar-refractivity contribution in [2.24, 2.45) is 0 Å². The summed E-state index contributed by atoms with van der Waals surface area (Å²) in [6.07, 6.45) is 1.72. The van der Waals surface area contributed by atoms with E-state index in [0.717, 1.165) is 23.1 Å². The monoisotopic (exact) mass is 401 g/mol. The summed E-state index contributed by atoms with van der Waals surface area (Å²) in [6.45, 7) is 6.55. The number of carbonyl (C=O) groups is 1. The Morgan fingerprint density at radius 2 is 1.80 bits per heavy atom. The number of ether oxygens (including phenoxy) is 1. The highest BCUT2D eigenvalue weighted by molar-refractivity contribution is 9.10. The summed E-state index contributed by atoms with van der Waals surface area (Å²) >= 11 is 3.39. The summed E-state index contributed by atoms with van der Waals surface area (Å²) in [5.41, 5.74) is 1.94. The molecule has 0 amide bonds. The Kier molecular flexibility index (Phi) is 5.25. The van der Waals surface area contributed by atoms with Gasteiger partial charge in [-0.05, 0) is 43.7 Å². The molecule has 130 valence electrons. The van der Waals surface area contributed by atoms with E-state index in [2.05, 4.69) is 29.8 Å². The first-order chi connectivity index (χ1) is 12.0. The molecule has 3 rings (SSSR count). The molecule has 0 unspecified atom stereocenters. The first-order valence-corrected chi connectivity index (χ1v) is 9.19. The smallest absolute Gasteiger partial charge is 0.231 e. The summed E-state index contributed by atoms with van der Waals surface area (Å²) < 4.78 is 6.81. The third-order valence-corrected chi connectivity index (χ3v) is 5.02. The minimum atomic E-state index is -0.172. The number of rotatable bonds is 5. The Bertz CT molecular complexity index is 824. The molecular formula is C20H20BrNO3. The van der Waals surface area contributed by atoms with Gasteiger partial charge in [0.2, 0.25) is 5.78 Å². The zero-order valence-corrected chi connectivity index (χ0v) is 15.9. The van der Waals surface area contributed by atoms with Gasteiger partial charge in [-0.2, -0.15) is 0 Å². The Labute approximate surface area is 155 Å². The molecule has 1 N–H and O–H groups in total. The van der Waals surface area contributed by atoms with Crippen LogP contribution in [0.15, 0.2) is 46.6 Å². The van der Waals surface area contributed by atoms with Crippen LogP contribution in [-0.2, 0) is 6.54 Å². The molecule has 5 heteroatoms. The van der Waals surface area contributed by atoms with Crippen molar-refractivity contribution in [1.29, 1.82) is 0 Å². The van der Waals surface area contributed by atoms with E-state index in [0.29, 0.717) is 23.4 Å². The van der Waals surface area contributed by atoms with E-state index in [1.54, 1.807) is 12.1 Å². The molecule has 0 radical (unpaired) electrons. The highest BCUT2D eigenvalue weighted by Crippen LogP contribution is 2.38. The lowest BCUT2D eigenvalue weighted by molar-refractivity contribution is -0.910. The van der Waals surface area contributed by atoms with E-state index in [9.17, 15) is 9.90 Å². The van der Waals surface area contributed by atoms with Gasteiger partial charge in [0, 0.05) is 10.0 Å². The van der Waals surface area contributed by atoms with Gasteiger partial charge < -0.3 is 14.7 Å². The first kappa shape index (κ1) is 17.7. The largest absolute Gasteiger partial charge is 0.872 e. The highest BCUT2D eigenvalue weighted by atomic mass is 79.9. The summed E-state index contributed by atoms with van der Waals surface area (Å²) in [7, 11) is 0. The number of carbonyl (C=O) groups excluding carboxylic acids is 1. The van der Waals surface area contributed by atoms with Gasteiger partial charge in [0.1, 0.15) is 12.3 Å². The molecule has 0 spiro atoms. The van der Waals surface area contributed by atoms with Crippen molar-refractivity contribution in [3.63, 3.8) is 0 Å². The molecule has 0 bridgehead atoms. The van der Waals surface area contributed by atoms with Crippen LogP contribution in [0.25, 0.3) is 6.08 Å². The molecule has 0 saturated heterocycles. The predicted molar refractivity (Wildman–Crippen MR) is 98.7 cm³/mol. The summed E-state index contributed by atoms with van der Waals surface area (Å²) in [5, 5.41) is 12.3. The topological polar surface area (TPSA) is 53.8 Å². The van der Waals surface area contributed by atoms with Gasteiger partial charge in [-0.25, -0.2) is 0 Å². The van der Waals surface area contributed by atoms with Crippen LogP contribution in [0.4, 0.5) is 0 Å². The second-order valence-corrected chi connectivity index (χ2v) is 6.96. The summed E-state index contributed by atoms with van der Waals surface area (Å²) in [6, 6.07) is 10.7. The molecule has 4 nitrogen and oxygen atoms in total. The SMILES string of the molecule is CC[NH+](CC)Cc1c([O-])ccc2c1OC(=Cc1ccc(Br)cc1)C2=O. The fraction of sp³-hybridized carbons (Fsp3) is 0.250. The Balaban J connectivity index is 1.96. The third kappa shape index (κ3) is 3.62. The summed E-state index contributed by atoms with van der Waals surface area (Å²) in [5.74, 6) is 0.448. The van der Waals surface area contributed by atoms with Crippen molar-refractivity contribution in [1.82, 2.24) is 0 Å². The van der Waals surface area contributed by atoms with Crippen LogP contribution in [0.1, 0.15) is 35.3 Å². The molecule has 0 saturated carbocycles. The highest BCUT2D eigenvalue weighted by Gasteiger charge is 2.30. The average Bonchev–Trinajstić information content (AvgIpc) is 2.92. The van der Waals surface area contributed by atoms with Crippen LogP contribution in [-0.4, -0.2) is 18.9 Å². The number of fused-ring (bicyclic) bond motifs is 1. The Hall–Kier alpha value is -2.11.